The number of carbonyl (C=O) groups is 1. The SMILES string of the molecule is Cc1nc(-c2ccc(CNC(=O)c3ccc(CSC(F)F)o3)cc2)cs1. The van der Waals surface area contributed by atoms with E-state index in [0.717, 1.165) is 21.8 Å². The van der Waals surface area contributed by atoms with Gasteiger partial charge in [0.05, 0.1) is 16.5 Å². The molecule has 3 rings (SSSR count). The van der Waals surface area contributed by atoms with Crippen LogP contribution >= 0.6 is 23.1 Å². The van der Waals surface area contributed by atoms with Crippen molar-refractivity contribution in [3.05, 3.63) is 63.9 Å². The van der Waals surface area contributed by atoms with Crippen molar-refractivity contribution < 1.29 is 18.0 Å². The Bertz CT molecular complexity index is 875. The molecule has 2 aromatic heterocycles. The Morgan fingerprint density at radius 1 is 1.27 bits per heavy atom. The zero-order valence-electron chi connectivity index (χ0n) is 13.9. The van der Waals surface area contributed by atoms with Gasteiger partial charge in [-0.05, 0) is 24.6 Å². The van der Waals surface area contributed by atoms with Gasteiger partial charge in [-0.3, -0.25) is 4.79 Å². The number of thiazole rings is 1. The van der Waals surface area contributed by atoms with Gasteiger partial charge in [-0.1, -0.05) is 36.0 Å². The number of alkyl halides is 2. The maximum absolute atomic E-state index is 12.2. The van der Waals surface area contributed by atoms with Crippen LogP contribution in [-0.4, -0.2) is 16.6 Å². The largest absolute Gasteiger partial charge is 0.455 e. The van der Waals surface area contributed by atoms with Gasteiger partial charge in [-0.15, -0.1) is 11.3 Å². The van der Waals surface area contributed by atoms with Gasteiger partial charge in [0.2, 0.25) is 0 Å². The monoisotopic (exact) mass is 394 g/mol. The third kappa shape index (κ3) is 4.92. The highest BCUT2D eigenvalue weighted by Crippen LogP contribution is 2.22. The molecule has 3 aromatic rings. The number of amides is 1. The average molecular weight is 394 g/mol. The molecule has 0 atom stereocenters. The molecule has 136 valence electrons. The molecule has 0 radical (unpaired) electrons. The molecule has 0 aliphatic heterocycles. The first-order valence-corrected chi connectivity index (χ1v) is 9.72. The third-order valence-corrected chi connectivity index (χ3v) is 5.04. The fraction of sp³-hybridized carbons (Fsp3) is 0.222. The number of hydrogen-bond donors (Lipinski definition) is 1. The molecule has 1 aromatic carbocycles. The molecule has 0 saturated heterocycles. The minimum Gasteiger partial charge on any atom is -0.455 e. The second kappa shape index (κ2) is 8.46. The summed E-state index contributed by atoms with van der Waals surface area (Å²) in [5.41, 5.74) is 2.90. The van der Waals surface area contributed by atoms with E-state index in [9.17, 15) is 13.6 Å². The van der Waals surface area contributed by atoms with E-state index < -0.39 is 5.76 Å². The molecule has 0 aliphatic rings. The maximum Gasteiger partial charge on any atom is 0.287 e. The number of nitrogens with one attached hydrogen (secondary N) is 1. The van der Waals surface area contributed by atoms with Crippen LogP contribution in [0.15, 0.2) is 46.2 Å². The molecule has 2 heterocycles. The summed E-state index contributed by atoms with van der Waals surface area (Å²) in [6.07, 6.45) is 0. The summed E-state index contributed by atoms with van der Waals surface area (Å²) in [6.45, 7) is 2.31. The number of nitrogens with zero attached hydrogens (tertiary/aromatic N) is 1. The lowest BCUT2D eigenvalue weighted by molar-refractivity contribution is 0.0922. The second-order valence-electron chi connectivity index (χ2n) is 5.47. The highest BCUT2D eigenvalue weighted by molar-refractivity contribution is 7.98. The van der Waals surface area contributed by atoms with Crippen molar-refractivity contribution in [3.63, 3.8) is 0 Å². The Hall–Kier alpha value is -2.19. The molecular weight excluding hydrogens is 378 g/mol. The Labute approximate surface area is 157 Å². The van der Waals surface area contributed by atoms with E-state index in [1.165, 1.54) is 12.1 Å². The maximum atomic E-state index is 12.2. The van der Waals surface area contributed by atoms with Gasteiger partial charge in [0.25, 0.3) is 11.7 Å². The summed E-state index contributed by atoms with van der Waals surface area (Å²) in [5, 5.41) is 5.78. The number of aryl methyl sites for hydroxylation is 1. The van der Waals surface area contributed by atoms with Crippen molar-refractivity contribution in [2.24, 2.45) is 0 Å². The van der Waals surface area contributed by atoms with E-state index in [1.807, 2.05) is 36.6 Å². The van der Waals surface area contributed by atoms with Gasteiger partial charge >= 0.3 is 0 Å². The first-order valence-electron chi connectivity index (χ1n) is 7.79. The molecule has 0 unspecified atom stereocenters. The van der Waals surface area contributed by atoms with Crippen LogP contribution < -0.4 is 5.32 Å². The van der Waals surface area contributed by atoms with Gasteiger partial charge < -0.3 is 9.73 Å². The Morgan fingerprint density at radius 2 is 2.04 bits per heavy atom. The third-order valence-electron chi connectivity index (χ3n) is 3.56. The van der Waals surface area contributed by atoms with Crippen LogP contribution in [0.5, 0.6) is 0 Å². The number of thioether (sulfide) groups is 1. The number of carbonyl (C=O) groups excluding carboxylic acids is 1. The number of benzene rings is 1. The topological polar surface area (TPSA) is 55.1 Å². The van der Waals surface area contributed by atoms with Crippen LogP contribution in [0.4, 0.5) is 8.78 Å². The van der Waals surface area contributed by atoms with Crippen molar-refractivity contribution in [1.82, 2.24) is 10.3 Å². The van der Waals surface area contributed by atoms with E-state index in [-0.39, 0.29) is 17.4 Å². The van der Waals surface area contributed by atoms with E-state index in [2.05, 4.69) is 10.3 Å². The first-order chi connectivity index (χ1) is 12.5. The molecule has 4 nitrogen and oxygen atoms in total. The zero-order chi connectivity index (χ0) is 18.5. The number of halogens is 2. The minimum absolute atomic E-state index is 0.0303. The summed E-state index contributed by atoms with van der Waals surface area (Å²) in [4.78, 5) is 16.5. The molecule has 1 N–H and O–H groups in total. The van der Waals surface area contributed by atoms with Crippen molar-refractivity contribution >= 4 is 29.0 Å². The fourth-order valence-electron chi connectivity index (χ4n) is 2.28. The van der Waals surface area contributed by atoms with E-state index >= 15 is 0 Å². The summed E-state index contributed by atoms with van der Waals surface area (Å²) >= 11 is 2.06. The number of rotatable bonds is 7. The van der Waals surface area contributed by atoms with Gasteiger partial charge in [0, 0.05) is 17.5 Å². The van der Waals surface area contributed by atoms with Gasteiger partial charge in [-0.2, -0.15) is 8.78 Å². The molecule has 1 amide bonds. The van der Waals surface area contributed by atoms with Crippen molar-refractivity contribution in [2.45, 2.75) is 25.0 Å². The van der Waals surface area contributed by atoms with Crippen LogP contribution in [0, 0.1) is 6.92 Å². The van der Waals surface area contributed by atoms with Crippen LogP contribution in [0.25, 0.3) is 11.3 Å². The van der Waals surface area contributed by atoms with Crippen LogP contribution in [0.2, 0.25) is 0 Å². The van der Waals surface area contributed by atoms with Crippen LogP contribution in [0.1, 0.15) is 26.9 Å². The highest BCUT2D eigenvalue weighted by atomic mass is 32.2. The fourth-order valence-corrected chi connectivity index (χ4v) is 3.35. The normalized spacial score (nSPS) is 11.1. The average Bonchev–Trinajstić information content (AvgIpc) is 3.27. The Balaban J connectivity index is 1.54. The molecule has 0 fully saturated rings. The molecule has 0 saturated carbocycles. The summed E-state index contributed by atoms with van der Waals surface area (Å²) in [7, 11) is 0. The zero-order valence-corrected chi connectivity index (χ0v) is 15.5. The molecular formula is C18H16F2N2O2S2. The standard InChI is InChI=1S/C18H16F2N2O2S2/c1-11-22-15(10-25-11)13-4-2-12(3-5-13)8-21-17(23)16-7-6-14(24-16)9-26-18(19)20/h2-7,10,18H,8-9H2,1H3,(H,21,23). The molecule has 0 aliphatic carbocycles. The van der Waals surface area contributed by atoms with E-state index in [1.54, 1.807) is 11.3 Å². The number of furan rings is 1. The summed E-state index contributed by atoms with van der Waals surface area (Å²) in [6, 6.07) is 10.8. The molecule has 0 spiro atoms. The summed E-state index contributed by atoms with van der Waals surface area (Å²) in [5.74, 6) is -2.35. The molecule has 26 heavy (non-hydrogen) atoms. The number of hydrogen-bond acceptors (Lipinski definition) is 5. The van der Waals surface area contributed by atoms with Gasteiger partial charge in [0.15, 0.2) is 5.76 Å². The van der Waals surface area contributed by atoms with E-state index in [0.29, 0.717) is 24.1 Å². The van der Waals surface area contributed by atoms with Gasteiger partial charge in [-0.25, -0.2) is 4.98 Å². The predicted molar refractivity (Wildman–Crippen MR) is 99.5 cm³/mol. The van der Waals surface area contributed by atoms with Crippen LogP contribution in [0.3, 0.4) is 0 Å². The minimum atomic E-state index is -2.46. The smallest absolute Gasteiger partial charge is 0.287 e. The Morgan fingerprint density at radius 3 is 2.69 bits per heavy atom. The summed E-state index contributed by atoms with van der Waals surface area (Å²) < 4.78 is 29.6. The van der Waals surface area contributed by atoms with Crippen molar-refractivity contribution in [3.8, 4) is 11.3 Å². The first kappa shape index (κ1) is 18.6. The van der Waals surface area contributed by atoms with Crippen molar-refractivity contribution in [1.29, 1.82) is 0 Å². The lowest BCUT2D eigenvalue weighted by Crippen LogP contribution is -2.22. The lowest BCUT2D eigenvalue weighted by Gasteiger charge is -2.05. The second-order valence-corrected chi connectivity index (χ2v) is 7.51. The van der Waals surface area contributed by atoms with E-state index in [4.69, 9.17) is 4.42 Å². The molecule has 0 bridgehead atoms. The molecule has 8 heteroatoms. The van der Waals surface area contributed by atoms with Crippen molar-refractivity contribution in [2.75, 3.05) is 0 Å². The highest BCUT2D eigenvalue weighted by Gasteiger charge is 2.12. The predicted octanol–water partition coefficient (Wildman–Crippen LogP) is 5.10. The number of aromatic nitrogens is 1. The quantitative estimate of drug-likeness (QED) is 0.606. The van der Waals surface area contributed by atoms with Crippen LogP contribution in [-0.2, 0) is 12.3 Å². The Kier molecular flexibility index (Phi) is 6.05. The van der Waals surface area contributed by atoms with Gasteiger partial charge in [0.1, 0.15) is 5.76 Å². The lowest BCUT2D eigenvalue weighted by atomic mass is 10.1.